The van der Waals surface area contributed by atoms with E-state index in [2.05, 4.69) is 23.6 Å². The van der Waals surface area contributed by atoms with Gasteiger partial charge in [-0.05, 0) is 13.0 Å². The lowest BCUT2D eigenvalue weighted by Crippen LogP contribution is -2.29. The lowest BCUT2D eigenvalue weighted by molar-refractivity contribution is -0.118. The number of nitrogens with one attached hydrogen (secondary N) is 2. The van der Waals surface area contributed by atoms with Crippen LogP contribution in [0.15, 0.2) is 18.2 Å². The standard InChI is InChI=1S/C13H20N2O2/c1-10-4-5-13(17-3)12(8-10)9-14-6-7-15-11(2)16/h4-5,8,14H,6-7,9H2,1-3H3,(H,15,16). The van der Waals surface area contributed by atoms with Crippen molar-refractivity contribution in [3.05, 3.63) is 29.3 Å². The number of benzene rings is 1. The average Bonchev–Trinajstić information content (AvgIpc) is 2.28. The lowest BCUT2D eigenvalue weighted by atomic mass is 10.1. The van der Waals surface area contributed by atoms with Crippen LogP contribution in [0.5, 0.6) is 5.75 Å². The third-order valence-corrected chi connectivity index (χ3v) is 2.43. The van der Waals surface area contributed by atoms with E-state index in [9.17, 15) is 4.79 Å². The molecule has 1 amide bonds. The maximum absolute atomic E-state index is 10.7. The SMILES string of the molecule is COc1ccc(C)cc1CNCCNC(C)=O. The minimum absolute atomic E-state index is 0.0000592. The molecule has 0 saturated heterocycles. The Labute approximate surface area is 102 Å². The first-order chi connectivity index (χ1) is 8.13. The van der Waals surface area contributed by atoms with Gasteiger partial charge in [-0.2, -0.15) is 0 Å². The molecule has 0 radical (unpaired) electrons. The third kappa shape index (κ3) is 4.87. The first kappa shape index (κ1) is 13.5. The molecule has 0 spiro atoms. The highest BCUT2D eigenvalue weighted by Crippen LogP contribution is 2.18. The number of carbonyl (C=O) groups excluding carboxylic acids is 1. The summed E-state index contributed by atoms with van der Waals surface area (Å²) in [7, 11) is 1.67. The molecule has 2 N–H and O–H groups in total. The Kier molecular flexibility index (Phi) is 5.49. The second-order valence-electron chi connectivity index (χ2n) is 3.98. The monoisotopic (exact) mass is 236 g/mol. The highest BCUT2D eigenvalue weighted by Gasteiger charge is 2.02. The fourth-order valence-electron chi connectivity index (χ4n) is 1.60. The van der Waals surface area contributed by atoms with E-state index >= 15 is 0 Å². The predicted octanol–water partition coefficient (Wildman–Crippen LogP) is 1.23. The van der Waals surface area contributed by atoms with Crippen LogP contribution < -0.4 is 15.4 Å². The van der Waals surface area contributed by atoms with Gasteiger partial charge in [0.15, 0.2) is 0 Å². The Balaban J connectivity index is 2.40. The first-order valence-electron chi connectivity index (χ1n) is 5.72. The van der Waals surface area contributed by atoms with Gasteiger partial charge in [-0.1, -0.05) is 17.7 Å². The van der Waals surface area contributed by atoms with Gasteiger partial charge < -0.3 is 15.4 Å². The van der Waals surface area contributed by atoms with E-state index in [1.807, 2.05) is 12.1 Å². The minimum atomic E-state index is -0.0000592. The zero-order valence-corrected chi connectivity index (χ0v) is 10.7. The van der Waals surface area contributed by atoms with Gasteiger partial charge in [-0.15, -0.1) is 0 Å². The molecule has 94 valence electrons. The molecule has 0 fully saturated rings. The quantitative estimate of drug-likeness (QED) is 0.730. The molecule has 4 heteroatoms. The number of aryl methyl sites for hydroxylation is 1. The average molecular weight is 236 g/mol. The van der Waals surface area contributed by atoms with E-state index in [0.717, 1.165) is 24.4 Å². The van der Waals surface area contributed by atoms with Gasteiger partial charge in [-0.3, -0.25) is 4.79 Å². The summed E-state index contributed by atoms with van der Waals surface area (Å²) in [5, 5.41) is 6.00. The summed E-state index contributed by atoms with van der Waals surface area (Å²) in [6, 6.07) is 6.10. The fourth-order valence-corrected chi connectivity index (χ4v) is 1.60. The molecule has 1 rings (SSSR count). The second-order valence-corrected chi connectivity index (χ2v) is 3.98. The van der Waals surface area contributed by atoms with E-state index in [4.69, 9.17) is 4.74 Å². The van der Waals surface area contributed by atoms with Crippen LogP contribution in [0.25, 0.3) is 0 Å². The molecule has 0 atom stereocenters. The zero-order valence-electron chi connectivity index (χ0n) is 10.7. The van der Waals surface area contributed by atoms with Crippen molar-refractivity contribution in [3.8, 4) is 5.75 Å². The number of amides is 1. The van der Waals surface area contributed by atoms with Crippen molar-refractivity contribution in [2.45, 2.75) is 20.4 Å². The fraction of sp³-hybridized carbons (Fsp3) is 0.462. The molecular weight excluding hydrogens is 216 g/mol. The number of rotatable bonds is 6. The summed E-state index contributed by atoms with van der Waals surface area (Å²) in [5.74, 6) is 0.891. The molecule has 0 aromatic heterocycles. The maximum Gasteiger partial charge on any atom is 0.216 e. The molecule has 0 aliphatic carbocycles. The van der Waals surface area contributed by atoms with Crippen LogP contribution in [-0.4, -0.2) is 26.1 Å². The largest absolute Gasteiger partial charge is 0.496 e. The molecule has 0 aliphatic heterocycles. The van der Waals surface area contributed by atoms with Crippen LogP contribution in [0.1, 0.15) is 18.1 Å². The van der Waals surface area contributed by atoms with Crippen molar-refractivity contribution in [3.63, 3.8) is 0 Å². The van der Waals surface area contributed by atoms with Crippen LogP contribution >= 0.6 is 0 Å². The van der Waals surface area contributed by atoms with E-state index in [1.54, 1.807) is 7.11 Å². The molecule has 0 heterocycles. The third-order valence-electron chi connectivity index (χ3n) is 2.43. The van der Waals surface area contributed by atoms with Gasteiger partial charge in [0.05, 0.1) is 7.11 Å². The number of carbonyl (C=O) groups is 1. The smallest absolute Gasteiger partial charge is 0.216 e. The van der Waals surface area contributed by atoms with Crippen LogP contribution in [-0.2, 0) is 11.3 Å². The number of methoxy groups -OCH3 is 1. The summed E-state index contributed by atoms with van der Waals surface area (Å²) in [6.45, 7) is 5.70. The van der Waals surface area contributed by atoms with E-state index in [0.29, 0.717) is 6.54 Å². The Morgan fingerprint density at radius 3 is 2.76 bits per heavy atom. The molecule has 0 aliphatic rings. The first-order valence-corrected chi connectivity index (χ1v) is 5.72. The number of hydrogen-bond acceptors (Lipinski definition) is 3. The molecule has 1 aromatic rings. The normalized spacial score (nSPS) is 10.1. The highest BCUT2D eigenvalue weighted by atomic mass is 16.5. The Morgan fingerprint density at radius 2 is 2.12 bits per heavy atom. The zero-order chi connectivity index (χ0) is 12.7. The van der Waals surface area contributed by atoms with E-state index in [1.165, 1.54) is 12.5 Å². The van der Waals surface area contributed by atoms with Gasteiger partial charge in [0.1, 0.15) is 5.75 Å². The van der Waals surface area contributed by atoms with E-state index in [-0.39, 0.29) is 5.91 Å². The van der Waals surface area contributed by atoms with Crippen LogP contribution in [0.4, 0.5) is 0 Å². The van der Waals surface area contributed by atoms with Crippen molar-refractivity contribution in [2.75, 3.05) is 20.2 Å². The number of hydrogen-bond donors (Lipinski definition) is 2. The van der Waals surface area contributed by atoms with Crippen molar-refractivity contribution in [1.29, 1.82) is 0 Å². The van der Waals surface area contributed by atoms with Gasteiger partial charge >= 0.3 is 0 Å². The molecule has 0 unspecified atom stereocenters. The van der Waals surface area contributed by atoms with Crippen molar-refractivity contribution in [2.24, 2.45) is 0 Å². The molecule has 0 bridgehead atoms. The Bertz CT molecular complexity index is 378. The molecular formula is C13H20N2O2. The number of ether oxygens (including phenoxy) is 1. The van der Waals surface area contributed by atoms with Crippen LogP contribution in [0.3, 0.4) is 0 Å². The summed E-state index contributed by atoms with van der Waals surface area (Å²) in [6.07, 6.45) is 0. The summed E-state index contributed by atoms with van der Waals surface area (Å²) < 4.78 is 5.29. The van der Waals surface area contributed by atoms with Crippen molar-refractivity contribution >= 4 is 5.91 Å². The minimum Gasteiger partial charge on any atom is -0.496 e. The predicted molar refractivity (Wildman–Crippen MR) is 68.1 cm³/mol. The molecule has 17 heavy (non-hydrogen) atoms. The Hall–Kier alpha value is -1.55. The van der Waals surface area contributed by atoms with Crippen molar-refractivity contribution < 1.29 is 9.53 Å². The summed E-state index contributed by atoms with van der Waals surface area (Å²) >= 11 is 0. The second kappa shape index (κ2) is 6.91. The van der Waals surface area contributed by atoms with Gasteiger partial charge in [0.25, 0.3) is 0 Å². The van der Waals surface area contributed by atoms with Crippen LogP contribution in [0.2, 0.25) is 0 Å². The van der Waals surface area contributed by atoms with E-state index < -0.39 is 0 Å². The summed E-state index contributed by atoms with van der Waals surface area (Å²) in [4.78, 5) is 10.7. The van der Waals surface area contributed by atoms with Gasteiger partial charge in [0, 0.05) is 32.1 Å². The Morgan fingerprint density at radius 1 is 1.35 bits per heavy atom. The topological polar surface area (TPSA) is 50.4 Å². The summed E-state index contributed by atoms with van der Waals surface area (Å²) in [5.41, 5.74) is 2.35. The van der Waals surface area contributed by atoms with Crippen molar-refractivity contribution in [1.82, 2.24) is 10.6 Å². The van der Waals surface area contributed by atoms with Gasteiger partial charge in [-0.25, -0.2) is 0 Å². The molecule has 1 aromatic carbocycles. The van der Waals surface area contributed by atoms with Gasteiger partial charge in [0.2, 0.25) is 5.91 Å². The van der Waals surface area contributed by atoms with Crippen LogP contribution in [0, 0.1) is 6.92 Å². The maximum atomic E-state index is 10.7. The lowest BCUT2D eigenvalue weighted by Gasteiger charge is -2.10. The molecule has 4 nitrogen and oxygen atoms in total. The molecule has 0 saturated carbocycles. The highest BCUT2D eigenvalue weighted by molar-refractivity contribution is 5.72.